The zero-order chi connectivity index (χ0) is 27.5. The van der Waals surface area contributed by atoms with Gasteiger partial charge < -0.3 is 14.5 Å². The van der Waals surface area contributed by atoms with Crippen LogP contribution in [0.4, 0.5) is 0 Å². The van der Waals surface area contributed by atoms with Gasteiger partial charge in [-0.15, -0.1) is 0 Å². The van der Waals surface area contributed by atoms with Crippen molar-refractivity contribution in [2.75, 3.05) is 0 Å². The van der Waals surface area contributed by atoms with Crippen LogP contribution in [-0.2, 0) is 13.2 Å². The zero-order valence-electron chi connectivity index (χ0n) is 19.9. The summed E-state index contributed by atoms with van der Waals surface area (Å²) in [5.74, 6) is 0.122. The van der Waals surface area contributed by atoms with E-state index in [-0.39, 0.29) is 49.8 Å². The molecule has 0 bridgehead atoms. The number of carbonyl (C=O) groups excluding carboxylic acids is 1. The van der Waals surface area contributed by atoms with E-state index in [2.05, 4.69) is 5.32 Å². The van der Waals surface area contributed by atoms with Gasteiger partial charge in [-0.25, -0.2) is 4.68 Å². The van der Waals surface area contributed by atoms with Crippen molar-refractivity contribution in [1.82, 2.24) is 15.1 Å². The van der Waals surface area contributed by atoms with Crippen LogP contribution in [0.1, 0.15) is 21.9 Å². The summed E-state index contributed by atoms with van der Waals surface area (Å²) in [5.41, 5.74) is 3.46. The third kappa shape index (κ3) is 5.91. The van der Waals surface area contributed by atoms with Gasteiger partial charge in [-0.1, -0.05) is 107 Å². The summed E-state index contributed by atoms with van der Waals surface area (Å²) in [4.78, 5) is 12.9. The normalized spacial score (nSPS) is 11.0. The number of rotatable bonds is 8. The number of furan rings is 1. The van der Waals surface area contributed by atoms with Crippen LogP contribution in [0.15, 0.2) is 83.4 Å². The molecule has 0 aliphatic carbocycles. The Morgan fingerprint density at radius 2 is 1.44 bits per heavy atom. The maximum atomic E-state index is 12.9. The molecule has 2 aromatic heterocycles. The number of para-hydroxylation sites is 1. The third-order valence-corrected chi connectivity index (χ3v) is 7.95. The first kappa shape index (κ1) is 27.4. The van der Waals surface area contributed by atoms with Crippen molar-refractivity contribution in [2.45, 2.75) is 13.2 Å². The molecule has 5 rings (SSSR count). The van der Waals surface area contributed by atoms with Crippen molar-refractivity contribution in [3.05, 3.63) is 121 Å². The van der Waals surface area contributed by atoms with Crippen molar-refractivity contribution >= 4 is 63.9 Å². The molecule has 0 atom stereocenters. The highest BCUT2D eigenvalue weighted by molar-refractivity contribution is 6.55. The number of hydrogen-bond donors (Lipinski definition) is 1. The van der Waals surface area contributed by atoms with Crippen LogP contribution in [0, 0.1) is 0 Å². The van der Waals surface area contributed by atoms with Crippen molar-refractivity contribution in [1.29, 1.82) is 0 Å². The lowest BCUT2D eigenvalue weighted by atomic mass is 10.1. The zero-order valence-corrected chi connectivity index (χ0v) is 23.7. The Labute approximate surface area is 248 Å². The van der Waals surface area contributed by atoms with Gasteiger partial charge in [0.15, 0.2) is 11.5 Å². The Morgan fingerprint density at radius 3 is 2.10 bits per heavy atom. The molecule has 5 aromatic rings. The summed E-state index contributed by atoms with van der Waals surface area (Å²) in [6, 6.07) is 22.7. The highest BCUT2D eigenvalue weighted by atomic mass is 35.5. The quantitative estimate of drug-likeness (QED) is 0.139. The van der Waals surface area contributed by atoms with E-state index in [0.717, 1.165) is 22.5 Å². The number of ether oxygens (including phenoxy) is 1. The molecule has 198 valence electrons. The molecule has 3 aromatic carbocycles. The molecule has 2 heterocycles. The monoisotopic (exact) mass is 619 g/mol. The van der Waals surface area contributed by atoms with Gasteiger partial charge in [-0.2, -0.15) is 5.10 Å². The lowest BCUT2D eigenvalue weighted by molar-refractivity contribution is 0.0919. The standard InChI is InChI=1S/C28H18Cl5N3O3/c29-21-22(30)24(32)27(25(33)23(21)31)38-15-19-11-12-20(39-19)28(37)34-13-17-14-36(18-9-5-2-6-10-18)35-26(17)16-7-3-1-4-8-16/h1-12,14H,13,15H2,(H,34,37). The van der Waals surface area contributed by atoms with Gasteiger partial charge in [0.2, 0.25) is 0 Å². The van der Waals surface area contributed by atoms with Crippen LogP contribution in [0.2, 0.25) is 25.1 Å². The van der Waals surface area contributed by atoms with Crippen molar-refractivity contribution in [3.63, 3.8) is 0 Å². The fraction of sp³-hybridized carbons (Fsp3) is 0.0714. The molecule has 0 spiro atoms. The minimum atomic E-state index is -0.402. The fourth-order valence-electron chi connectivity index (χ4n) is 3.79. The van der Waals surface area contributed by atoms with Crippen LogP contribution in [0.25, 0.3) is 16.9 Å². The predicted molar refractivity (Wildman–Crippen MR) is 155 cm³/mol. The molecule has 0 aliphatic heterocycles. The summed E-state index contributed by atoms with van der Waals surface area (Å²) in [6.45, 7) is 0.151. The Hall–Kier alpha value is -3.13. The second-order valence-electron chi connectivity index (χ2n) is 8.29. The highest BCUT2D eigenvalue weighted by Gasteiger charge is 2.21. The smallest absolute Gasteiger partial charge is 0.287 e. The lowest BCUT2D eigenvalue weighted by Crippen LogP contribution is -2.22. The minimum absolute atomic E-state index is 0.0193. The van der Waals surface area contributed by atoms with Crippen LogP contribution in [-0.4, -0.2) is 15.7 Å². The molecular weight excluding hydrogens is 604 g/mol. The first-order valence-corrected chi connectivity index (χ1v) is 13.4. The van der Waals surface area contributed by atoms with E-state index in [0.29, 0.717) is 5.76 Å². The number of nitrogens with zero attached hydrogens (tertiary/aromatic N) is 2. The average molecular weight is 622 g/mol. The molecule has 6 nitrogen and oxygen atoms in total. The molecule has 0 aliphatic rings. The summed E-state index contributed by atoms with van der Waals surface area (Å²) in [5, 5.41) is 7.78. The van der Waals surface area contributed by atoms with E-state index < -0.39 is 5.91 Å². The van der Waals surface area contributed by atoms with Gasteiger partial charge >= 0.3 is 0 Å². The summed E-state index contributed by atoms with van der Waals surface area (Å²) >= 11 is 30.6. The van der Waals surface area contributed by atoms with Gasteiger partial charge in [0.1, 0.15) is 22.4 Å². The van der Waals surface area contributed by atoms with Crippen molar-refractivity contribution in [2.24, 2.45) is 0 Å². The number of benzene rings is 3. The van der Waals surface area contributed by atoms with Gasteiger partial charge in [0, 0.05) is 23.9 Å². The fourth-order valence-corrected chi connectivity index (χ4v) is 5.02. The Bertz CT molecular complexity index is 1610. The van der Waals surface area contributed by atoms with Crippen molar-refractivity contribution < 1.29 is 13.9 Å². The molecule has 0 saturated carbocycles. The number of halogens is 5. The Morgan fingerprint density at radius 1 is 0.821 bits per heavy atom. The third-order valence-electron chi connectivity index (χ3n) is 5.71. The maximum absolute atomic E-state index is 12.9. The minimum Gasteiger partial charge on any atom is -0.482 e. The molecular formula is C28H18Cl5N3O3. The summed E-state index contributed by atoms with van der Waals surface area (Å²) < 4.78 is 13.1. The van der Waals surface area contributed by atoms with E-state index in [1.54, 1.807) is 16.8 Å². The van der Waals surface area contributed by atoms with Gasteiger partial charge in [0.25, 0.3) is 5.91 Å². The second-order valence-corrected chi connectivity index (χ2v) is 10.2. The first-order valence-electron chi connectivity index (χ1n) is 11.5. The van der Waals surface area contributed by atoms with Crippen LogP contribution in [0.3, 0.4) is 0 Å². The van der Waals surface area contributed by atoms with Crippen LogP contribution in [0.5, 0.6) is 5.75 Å². The largest absolute Gasteiger partial charge is 0.482 e. The van der Waals surface area contributed by atoms with Crippen LogP contribution < -0.4 is 10.1 Å². The predicted octanol–water partition coefficient (Wildman–Crippen LogP) is 8.91. The molecule has 39 heavy (non-hydrogen) atoms. The molecule has 0 unspecified atom stereocenters. The average Bonchev–Trinajstić information content (AvgIpc) is 3.62. The van der Waals surface area contributed by atoms with Gasteiger partial charge in [-0.05, 0) is 24.3 Å². The van der Waals surface area contributed by atoms with E-state index in [1.165, 1.54) is 0 Å². The molecule has 1 amide bonds. The summed E-state index contributed by atoms with van der Waals surface area (Å²) in [6.07, 6.45) is 1.90. The highest BCUT2D eigenvalue weighted by Crippen LogP contribution is 2.48. The lowest BCUT2D eigenvalue weighted by Gasteiger charge is -2.12. The molecule has 0 fully saturated rings. The second kappa shape index (κ2) is 11.9. The van der Waals surface area contributed by atoms with E-state index in [1.807, 2.05) is 66.9 Å². The molecule has 0 saturated heterocycles. The van der Waals surface area contributed by atoms with Crippen LogP contribution >= 0.6 is 58.0 Å². The molecule has 11 heteroatoms. The number of hydrogen-bond acceptors (Lipinski definition) is 4. The van der Waals surface area contributed by atoms with E-state index in [4.69, 9.17) is 72.3 Å². The van der Waals surface area contributed by atoms with E-state index >= 15 is 0 Å². The number of aromatic nitrogens is 2. The number of carbonyl (C=O) groups is 1. The molecule has 0 radical (unpaired) electrons. The topological polar surface area (TPSA) is 69.3 Å². The number of nitrogens with one attached hydrogen (secondary N) is 1. The Balaban J connectivity index is 1.29. The Kier molecular flexibility index (Phi) is 8.40. The SMILES string of the molecule is O=C(NCc1cn(-c2ccccc2)nc1-c1ccccc1)c1ccc(COc2c(Cl)c(Cl)c(Cl)c(Cl)c2Cl)o1. The van der Waals surface area contributed by atoms with E-state index in [9.17, 15) is 4.79 Å². The van der Waals surface area contributed by atoms with Gasteiger partial charge in [0.05, 0.1) is 26.4 Å². The maximum Gasteiger partial charge on any atom is 0.287 e. The van der Waals surface area contributed by atoms with Gasteiger partial charge in [-0.3, -0.25) is 4.79 Å². The summed E-state index contributed by atoms with van der Waals surface area (Å²) in [7, 11) is 0. The first-order chi connectivity index (χ1) is 18.8. The number of amides is 1. The molecule has 1 N–H and O–H groups in total. The van der Waals surface area contributed by atoms with Crippen molar-refractivity contribution in [3.8, 4) is 22.7 Å².